The number of pyridine rings is 2. The number of nitrogens with one attached hydrogen (secondary N) is 1. The summed E-state index contributed by atoms with van der Waals surface area (Å²) in [6.07, 6.45) is 1.80. The van der Waals surface area contributed by atoms with Gasteiger partial charge >= 0.3 is 0 Å². The molecule has 0 amide bonds. The molecule has 0 saturated carbocycles. The Morgan fingerprint density at radius 2 is 1.90 bits per heavy atom. The van der Waals surface area contributed by atoms with Crippen LogP contribution in [0.5, 0.6) is 0 Å². The third-order valence-corrected chi connectivity index (χ3v) is 4.20. The van der Waals surface area contributed by atoms with Crippen molar-refractivity contribution in [3.8, 4) is 0 Å². The van der Waals surface area contributed by atoms with Gasteiger partial charge in [0.05, 0.1) is 15.7 Å². The molecule has 0 radical (unpaired) electrons. The fourth-order valence-electron chi connectivity index (χ4n) is 2.10. The molecule has 0 saturated heterocycles. The third-order valence-electron chi connectivity index (χ3n) is 3.19. The van der Waals surface area contributed by atoms with Crippen molar-refractivity contribution in [2.75, 3.05) is 5.32 Å². The van der Waals surface area contributed by atoms with Crippen molar-refractivity contribution in [2.24, 2.45) is 0 Å². The Kier molecular flexibility index (Phi) is 3.40. The van der Waals surface area contributed by atoms with Crippen LogP contribution in [0.2, 0.25) is 0 Å². The SMILES string of the molecule is Cc1ccc2cccc(Nc3nccc(C)c3Br)c2n1. The number of nitrogens with zero attached hydrogens (tertiary/aromatic N) is 2. The highest BCUT2D eigenvalue weighted by Gasteiger charge is 2.07. The highest BCUT2D eigenvalue weighted by Crippen LogP contribution is 2.29. The van der Waals surface area contributed by atoms with E-state index >= 15 is 0 Å². The number of aromatic nitrogens is 2. The number of halogens is 1. The molecular formula is C16H14BrN3. The number of para-hydroxylation sites is 1. The second-order valence-corrected chi connectivity index (χ2v) is 5.54. The molecular weight excluding hydrogens is 314 g/mol. The van der Waals surface area contributed by atoms with Crippen LogP contribution < -0.4 is 5.32 Å². The first-order valence-electron chi connectivity index (χ1n) is 6.39. The lowest BCUT2D eigenvalue weighted by Crippen LogP contribution is -1.98. The molecule has 1 N–H and O–H groups in total. The van der Waals surface area contributed by atoms with Crippen molar-refractivity contribution in [3.63, 3.8) is 0 Å². The van der Waals surface area contributed by atoms with E-state index in [1.54, 1.807) is 6.20 Å². The van der Waals surface area contributed by atoms with Crippen molar-refractivity contribution < 1.29 is 0 Å². The molecule has 1 aromatic carbocycles. The number of hydrogen-bond acceptors (Lipinski definition) is 3. The van der Waals surface area contributed by atoms with Crippen LogP contribution in [-0.4, -0.2) is 9.97 Å². The fraction of sp³-hybridized carbons (Fsp3) is 0.125. The van der Waals surface area contributed by atoms with Crippen molar-refractivity contribution in [2.45, 2.75) is 13.8 Å². The number of aryl methyl sites for hydroxylation is 2. The molecule has 20 heavy (non-hydrogen) atoms. The maximum atomic E-state index is 4.62. The van der Waals surface area contributed by atoms with E-state index in [1.165, 1.54) is 0 Å². The number of anilines is 2. The zero-order chi connectivity index (χ0) is 14.1. The molecule has 100 valence electrons. The fourth-order valence-corrected chi connectivity index (χ4v) is 2.43. The molecule has 2 heterocycles. The predicted octanol–water partition coefficient (Wildman–Crippen LogP) is 4.75. The van der Waals surface area contributed by atoms with Gasteiger partial charge < -0.3 is 5.32 Å². The average molecular weight is 328 g/mol. The molecule has 4 heteroatoms. The van der Waals surface area contributed by atoms with Crippen molar-refractivity contribution in [1.82, 2.24) is 9.97 Å². The normalized spacial score (nSPS) is 10.8. The second-order valence-electron chi connectivity index (χ2n) is 4.75. The van der Waals surface area contributed by atoms with Crippen LogP contribution in [0, 0.1) is 13.8 Å². The van der Waals surface area contributed by atoms with E-state index in [0.29, 0.717) is 0 Å². The smallest absolute Gasteiger partial charge is 0.144 e. The molecule has 3 rings (SSSR count). The van der Waals surface area contributed by atoms with Crippen molar-refractivity contribution in [1.29, 1.82) is 0 Å². The summed E-state index contributed by atoms with van der Waals surface area (Å²) in [6, 6.07) is 12.2. The highest BCUT2D eigenvalue weighted by atomic mass is 79.9. The van der Waals surface area contributed by atoms with Crippen LogP contribution in [0.4, 0.5) is 11.5 Å². The summed E-state index contributed by atoms with van der Waals surface area (Å²) in [5, 5.41) is 4.48. The average Bonchev–Trinajstić information content (AvgIpc) is 2.44. The van der Waals surface area contributed by atoms with Gasteiger partial charge in [0.1, 0.15) is 5.82 Å². The minimum Gasteiger partial charge on any atom is -0.338 e. The lowest BCUT2D eigenvalue weighted by molar-refractivity contribution is 1.23. The summed E-state index contributed by atoms with van der Waals surface area (Å²) in [7, 11) is 0. The molecule has 0 spiro atoms. The van der Waals surface area contributed by atoms with E-state index in [4.69, 9.17) is 0 Å². The summed E-state index contributed by atoms with van der Waals surface area (Å²) >= 11 is 3.57. The molecule has 0 aliphatic rings. The first-order valence-corrected chi connectivity index (χ1v) is 7.19. The van der Waals surface area contributed by atoms with E-state index < -0.39 is 0 Å². The van der Waals surface area contributed by atoms with E-state index in [9.17, 15) is 0 Å². The van der Waals surface area contributed by atoms with E-state index in [0.717, 1.165) is 38.1 Å². The van der Waals surface area contributed by atoms with Gasteiger partial charge in [0.2, 0.25) is 0 Å². The standard InChI is InChI=1S/C16H14BrN3/c1-10-8-9-18-16(14(10)17)20-13-5-3-4-12-7-6-11(2)19-15(12)13/h3-9H,1-2H3,(H,18,20). The molecule has 0 atom stereocenters. The van der Waals surface area contributed by atoms with Gasteiger partial charge in [-0.2, -0.15) is 0 Å². The summed E-state index contributed by atoms with van der Waals surface area (Å²) in [6.45, 7) is 4.04. The number of rotatable bonds is 2. The van der Waals surface area contributed by atoms with E-state index in [2.05, 4.69) is 43.3 Å². The minimum atomic E-state index is 0.806. The Bertz CT molecular complexity index is 784. The van der Waals surface area contributed by atoms with Gasteiger partial charge in [0.15, 0.2) is 0 Å². The predicted molar refractivity (Wildman–Crippen MR) is 86.4 cm³/mol. The van der Waals surface area contributed by atoms with Gasteiger partial charge in [-0.25, -0.2) is 4.98 Å². The summed E-state index contributed by atoms with van der Waals surface area (Å²) < 4.78 is 0.977. The second kappa shape index (κ2) is 5.21. The minimum absolute atomic E-state index is 0.806. The van der Waals surface area contributed by atoms with Gasteiger partial charge in [-0.1, -0.05) is 18.2 Å². The molecule has 0 aliphatic heterocycles. The quantitative estimate of drug-likeness (QED) is 0.737. The van der Waals surface area contributed by atoms with Crippen molar-refractivity contribution in [3.05, 3.63) is 58.3 Å². The zero-order valence-corrected chi connectivity index (χ0v) is 12.9. The molecule has 0 aliphatic carbocycles. The maximum absolute atomic E-state index is 4.62. The topological polar surface area (TPSA) is 37.8 Å². The van der Waals surface area contributed by atoms with Crippen LogP contribution in [0.25, 0.3) is 10.9 Å². The lowest BCUT2D eigenvalue weighted by atomic mass is 10.1. The van der Waals surface area contributed by atoms with Crippen LogP contribution >= 0.6 is 15.9 Å². The first-order chi connectivity index (χ1) is 9.65. The Hall–Kier alpha value is -1.94. The Morgan fingerprint density at radius 1 is 1.05 bits per heavy atom. The zero-order valence-electron chi connectivity index (χ0n) is 11.3. The van der Waals surface area contributed by atoms with Gasteiger partial charge in [-0.05, 0) is 53.5 Å². The maximum Gasteiger partial charge on any atom is 0.144 e. The van der Waals surface area contributed by atoms with E-state index in [1.807, 2.05) is 38.1 Å². The molecule has 3 aromatic rings. The van der Waals surface area contributed by atoms with Gasteiger partial charge in [-0.15, -0.1) is 0 Å². The van der Waals surface area contributed by atoms with E-state index in [-0.39, 0.29) is 0 Å². The largest absolute Gasteiger partial charge is 0.338 e. The Labute approximate surface area is 126 Å². The number of hydrogen-bond donors (Lipinski definition) is 1. The summed E-state index contributed by atoms with van der Waals surface area (Å²) in [5.41, 5.74) is 4.07. The van der Waals surface area contributed by atoms with Gasteiger partial charge in [0.25, 0.3) is 0 Å². The van der Waals surface area contributed by atoms with Crippen LogP contribution in [0.15, 0.2) is 47.1 Å². The van der Waals surface area contributed by atoms with Crippen molar-refractivity contribution >= 4 is 38.3 Å². The van der Waals surface area contributed by atoms with Crippen LogP contribution in [-0.2, 0) is 0 Å². The Balaban J connectivity index is 2.11. The molecule has 0 unspecified atom stereocenters. The summed E-state index contributed by atoms with van der Waals surface area (Å²) in [4.78, 5) is 9.00. The highest BCUT2D eigenvalue weighted by molar-refractivity contribution is 9.10. The third kappa shape index (κ3) is 2.39. The molecule has 0 fully saturated rings. The van der Waals surface area contributed by atoms with Gasteiger partial charge in [0, 0.05) is 17.3 Å². The first kappa shape index (κ1) is 13.1. The molecule has 3 nitrogen and oxygen atoms in total. The molecule has 2 aromatic heterocycles. The molecule has 0 bridgehead atoms. The Morgan fingerprint density at radius 3 is 2.75 bits per heavy atom. The number of fused-ring (bicyclic) bond motifs is 1. The van der Waals surface area contributed by atoms with Gasteiger partial charge in [-0.3, -0.25) is 4.98 Å². The number of benzene rings is 1. The summed E-state index contributed by atoms with van der Waals surface area (Å²) in [5.74, 6) is 0.806. The monoisotopic (exact) mass is 327 g/mol. The lowest BCUT2D eigenvalue weighted by Gasteiger charge is -2.11. The van der Waals surface area contributed by atoms with Crippen LogP contribution in [0.1, 0.15) is 11.3 Å². The van der Waals surface area contributed by atoms with Crippen LogP contribution in [0.3, 0.4) is 0 Å².